The van der Waals surface area contributed by atoms with E-state index in [1.54, 1.807) is 43.3 Å². The average Bonchev–Trinajstić information content (AvgIpc) is 2.50. The number of benzene rings is 2. The van der Waals surface area contributed by atoms with Gasteiger partial charge < -0.3 is 21.5 Å². The van der Waals surface area contributed by atoms with Crippen LogP contribution in [-0.4, -0.2) is 18.5 Å². The summed E-state index contributed by atoms with van der Waals surface area (Å²) in [7, 11) is 0. The van der Waals surface area contributed by atoms with Crippen molar-refractivity contribution >= 4 is 28.9 Å². The van der Waals surface area contributed by atoms with Crippen molar-refractivity contribution in [1.82, 2.24) is 0 Å². The molecule has 0 aromatic heterocycles. The Kier molecular flexibility index (Phi) is 4.63. The van der Waals surface area contributed by atoms with E-state index >= 15 is 0 Å². The molecule has 0 unspecified atom stereocenters. The molecule has 0 fully saturated rings. The Bertz CT molecular complexity index is 696. The first-order valence-electron chi connectivity index (χ1n) is 6.74. The summed E-state index contributed by atoms with van der Waals surface area (Å²) in [5.41, 5.74) is 13.2. The molecule has 1 amide bonds. The number of nitrogen functional groups attached to an aromatic ring is 2. The van der Waals surface area contributed by atoms with Gasteiger partial charge in [-0.25, -0.2) is 4.79 Å². The molecule has 22 heavy (non-hydrogen) atoms. The number of carbonyl (C=O) groups is 2. The van der Waals surface area contributed by atoms with Gasteiger partial charge in [0.05, 0.1) is 17.9 Å². The van der Waals surface area contributed by atoms with Crippen molar-refractivity contribution in [2.45, 2.75) is 6.92 Å². The summed E-state index contributed by atoms with van der Waals surface area (Å²) in [6.45, 7) is 1.94. The third kappa shape index (κ3) is 3.54. The Hall–Kier alpha value is -3.02. The highest BCUT2D eigenvalue weighted by Gasteiger charge is 2.15. The second-order valence-corrected chi connectivity index (χ2v) is 4.60. The number of amides is 1. The molecule has 0 saturated heterocycles. The van der Waals surface area contributed by atoms with Crippen molar-refractivity contribution in [3.63, 3.8) is 0 Å². The Balaban J connectivity index is 2.27. The number of hydrogen-bond acceptors (Lipinski definition) is 5. The van der Waals surface area contributed by atoms with Gasteiger partial charge in [0.15, 0.2) is 0 Å². The first-order valence-corrected chi connectivity index (χ1v) is 6.74. The molecule has 5 N–H and O–H groups in total. The van der Waals surface area contributed by atoms with E-state index in [4.69, 9.17) is 16.2 Å². The largest absolute Gasteiger partial charge is 0.462 e. The van der Waals surface area contributed by atoms with E-state index in [2.05, 4.69) is 5.32 Å². The number of ether oxygens (including phenoxy) is 1. The normalized spacial score (nSPS) is 10.0. The van der Waals surface area contributed by atoms with Gasteiger partial charge in [-0.05, 0) is 49.4 Å². The van der Waals surface area contributed by atoms with Gasteiger partial charge in [-0.2, -0.15) is 0 Å². The highest BCUT2D eigenvalue weighted by molar-refractivity contribution is 6.08. The average molecular weight is 299 g/mol. The summed E-state index contributed by atoms with van der Waals surface area (Å²) < 4.78 is 4.96. The van der Waals surface area contributed by atoms with Crippen LogP contribution in [0.2, 0.25) is 0 Å². The van der Waals surface area contributed by atoms with Crippen molar-refractivity contribution in [2.75, 3.05) is 23.4 Å². The van der Waals surface area contributed by atoms with Crippen LogP contribution in [0.15, 0.2) is 42.5 Å². The maximum atomic E-state index is 12.2. The van der Waals surface area contributed by atoms with Gasteiger partial charge in [-0.3, -0.25) is 4.79 Å². The molecule has 114 valence electrons. The number of rotatable bonds is 4. The van der Waals surface area contributed by atoms with Crippen LogP contribution < -0.4 is 16.8 Å². The van der Waals surface area contributed by atoms with E-state index in [1.807, 2.05) is 0 Å². The fourth-order valence-corrected chi connectivity index (χ4v) is 1.88. The summed E-state index contributed by atoms with van der Waals surface area (Å²) in [6, 6.07) is 11.1. The summed E-state index contributed by atoms with van der Waals surface area (Å²) in [6.07, 6.45) is 0. The van der Waals surface area contributed by atoms with Gasteiger partial charge in [-0.15, -0.1) is 0 Å². The van der Waals surface area contributed by atoms with Crippen molar-refractivity contribution in [1.29, 1.82) is 0 Å². The predicted molar refractivity (Wildman–Crippen MR) is 85.6 cm³/mol. The third-order valence-electron chi connectivity index (χ3n) is 2.96. The molecule has 0 aliphatic carbocycles. The summed E-state index contributed by atoms with van der Waals surface area (Å²) >= 11 is 0. The monoisotopic (exact) mass is 299 g/mol. The van der Waals surface area contributed by atoms with Crippen LogP contribution in [0.25, 0.3) is 0 Å². The molecule has 0 radical (unpaired) electrons. The number of hydrogen-bond donors (Lipinski definition) is 3. The molecule has 0 atom stereocenters. The van der Waals surface area contributed by atoms with E-state index in [9.17, 15) is 9.59 Å². The second kappa shape index (κ2) is 6.62. The minimum atomic E-state index is -0.539. The lowest BCUT2D eigenvalue weighted by atomic mass is 10.1. The maximum Gasteiger partial charge on any atom is 0.340 e. The zero-order valence-corrected chi connectivity index (χ0v) is 12.1. The zero-order chi connectivity index (χ0) is 16.1. The number of anilines is 3. The second-order valence-electron chi connectivity index (χ2n) is 4.60. The third-order valence-corrected chi connectivity index (χ3v) is 2.96. The molecule has 2 aromatic rings. The number of nitrogens with two attached hydrogens (primary N) is 2. The quantitative estimate of drug-likeness (QED) is 0.593. The molecule has 2 aromatic carbocycles. The summed E-state index contributed by atoms with van der Waals surface area (Å²) in [5, 5.41) is 2.68. The van der Waals surface area contributed by atoms with E-state index < -0.39 is 5.97 Å². The van der Waals surface area contributed by atoms with E-state index in [0.717, 1.165) is 0 Å². The van der Waals surface area contributed by atoms with Crippen LogP contribution in [0.1, 0.15) is 27.6 Å². The Morgan fingerprint density at radius 3 is 2.32 bits per heavy atom. The summed E-state index contributed by atoms with van der Waals surface area (Å²) in [5.74, 6) is -0.891. The molecule has 2 rings (SSSR count). The van der Waals surface area contributed by atoms with Gasteiger partial charge in [0.25, 0.3) is 5.91 Å². The highest BCUT2D eigenvalue weighted by atomic mass is 16.5. The number of carbonyl (C=O) groups excluding carboxylic acids is 2. The fourth-order valence-electron chi connectivity index (χ4n) is 1.88. The van der Waals surface area contributed by atoms with Gasteiger partial charge in [0.1, 0.15) is 0 Å². The Morgan fingerprint density at radius 1 is 1.05 bits per heavy atom. The molecule has 0 heterocycles. The Morgan fingerprint density at radius 2 is 1.68 bits per heavy atom. The molecule has 0 bridgehead atoms. The highest BCUT2D eigenvalue weighted by Crippen LogP contribution is 2.21. The van der Waals surface area contributed by atoms with Crippen LogP contribution in [0.4, 0.5) is 17.1 Å². The van der Waals surface area contributed by atoms with Crippen LogP contribution in [0.5, 0.6) is 0 Å². The van der Waals surface area contributed by atoms with Crippen LogP contribution in [0.3, 0.4) is 0 Å². The van der Waals surface area contributed by atoms with Crippen molar-refractivity contribution in [2.24, 2.45) is 0 Å². The van der Waals surface area contributed by atoms with Crippen molar-refractivity contribution in [3.8, 4) is 0 Å². The topological polar surface area (TPSA) is 107 Å². The maximum absolute atomic E-state index is 12.2. The molecule has 0 aliphatic rings. The molecule has 6 nitrogen and oxygen atoms in total. The van der Waals surface area contributed by atoms with E-state index in [-0.39, 0.29) is 18.1 Å². The minimum absolute atomic E-state index is 0.214. The molecule has 0 spiro atoms. The van der Waals surface area contributed by atoms with Crippen molar-refractivity contribution < 1.29 is 14.3 Å². The first kappa shape index (κ1) is 15.4. The molecular formula is C16H17N3O3. The van der Waals surface area contributed by atoms with Crippen LogP contribution in [0, 0.1) is 0 Å². The minimum Gasteiger partial charge on any atom is -0.462 e. The Labute approximate surface area is 128 Å². The van der Waals surface area contributed by atoms with Gasteiger partial charge in [0.2, 0.25) is 0 Å². The first-order chi connectivity index (χ1) is 10.5. The van der Waals surface area contributed by atoms with Crippen molar-refractivity contribution in [3.05, 3.63) is 53.6 Å². The van der Waals surface area contributed by atoms with Gasteiger partial charge >= 0.3 is 5.97 Å². The molecule has 6 heteroatoms. The lowest BCUT2D eigenvalue weighted by Crippen LogP contribution is -2.16. The number of nitrogens with one attached hydrogen (secondary N) is 1. The molecular weight excluding hydrogens is 282 g/mol. The van der Waals surface area contributed by atoms with E-state index in [0.29, 0.717) is 22.6 Å². The fraction of sp³-hybridized carbons (Fsp3) is 0.125. The predicted octanol–water partition coefficient (Wildman–Crippen LogP) is 2.28. The summed E-state index contributed by atoms with van der Waals surface area (Å²) in [4.78, 5) is 24.1. The van der Waals surface area contributed by atoms with Gasteiger partial charge in [-0.1, -0.05) is 0 Å². The van der Waals surface area contributed by atoms with Gasteiger partial charge in [0, 0.05) is 16.9 Å². The van der Waals surface area contributed by atoms with E-state index in [1.165, 1.54) is 6.07 Å². The smallest absolute Gasteiger partial charge is 0.340 e. The molecule has 0 aliphatic heterocycles. The lowest BCUT2D eigenvalue weighted by molar-refractivity contribution is 0.0527. The lowest BCUT2D eigenvalue weighted by Gasteiger charge is -2.11. The SMILES string of the molecule is CCOC(=O)c1cc(N)ccc1NC(=O)c1ccc(N)cc1. The zero-order valence-electron chi connectivity index (χ0n) is 12.1. The van der Waals surface area contributed by atoms with Crippen LogP contribution in [-0.2, 0) is 4.74 Å². The van der Waals surface area contributed by atoms with Crippen LogP contribution >= 0.6 is 0 Å². The standard InChI is InChI=1S/C16H17N3O3/c1-2-22-16(21)13-9-12(18)7-8-14(13)19-15(20)10-3-5-11(17)6-4-10/h3-9H,2,17-18H2,1H3,(H,19,20). The molecule has 0 saturated carbocycles. The number of esters is 1.